The first-order valence-electron chi connectivity index (χ1n) is 8.23. The third-order valence-electron chi connectivity index (χ3n) is 3.88. The van der Waals surface area contributed by atoms with Gasteiger partial charge in [-0.25, -0.2) is 8.78 Å². The van der Waals surface area contributed by atoms with Crippen LogP contribution in [0.4, 0.5) is 8.78 Å². The monoisotopic (exact) mass is 297 g/mol. The van der Waals surface area contributed by atoms with Crippen LogP contribution in [0.25, 0.3) is 0 Å². The van der Waals surface area contributed by atoms with E-state index >= 15 is 0 Å². The molecule has 3 heteroatoms. The van der Waals surface area contributed by atoms with Crippen molar-refractivity contribution >= 4 is 0 Å². The summed E-state index contributed by atoms with van der Waals surface area (Å²) in [7, 11) is 0. The summed E-state index contributed by atoms with van der Waals surface area (Å²) < 4.78 is 27.2. The van der Waals surface area contributed by atoms with Crippen LogP contribution in [0.2, 0.25) is 0 Å². The molecule has 0 amide bonds. The van der Waals surface area contributed by atoms with Crippen LogP contribution in [0.15, 0.2) is 18.2 Å². The summed E-state index contributed by atoms with van der Waals surface area (Å²) in [5.41, 5.74) is 0.188. The normalized spacial score (nSPS) is 14.1. The molecular weight excluding hydrogens is 268 g/mol. The van der Waals surface area contributed by atoms with E-state index in [1.54, 1.807) is 0 Å². The van der Waals surface area contributed by atoms with Crippen molar-refractivity contribution < 1.29 is 8.78 Å². The van der Waals surface area contributed by atoms with E-state index in [1.165, 1.54) is 50.3 Å². The van der Waals surface area contributed by atoms with Crippen LogP contribution in [0.3, 0.4) is 0 Å². The number of benzene rings is 1. The Bertz CT molecular complexity index is 386. The Morgan fingerprint density at radius 3 is 2.19 bits per heavy atom. The molecule has 120 valence electrons. The first-order chi connectivity index (χ1) is 10.0. The van der Waals surface area contributed by atoms with Gasteiger partial charge in [0.05, 0.1) is 0 Å². The Balaban J connectivity index is 2.31. The molecule has 1 N–H and O–H groups in total. The van der Waals surface area contributed by atoms with Gasteiger partial charge in [-0.05, 0) is 38.8 Å². The van der Waals surface area contributed by atoms with E-state index < -0.39 is 11.6 Å². The summed E-state index contributed by atoms with van der Waals surface area (Å²) >= 11 is 0. The van der Waals surface area contributed by atoms with Crippen LogP contribution in [0.5, 0.6) is 0 Å². The predicted molar refractivity (Wildman–Crippen MR) is 85.5 cm³/mol. The maximum Gasteiger partial charge on any atom is 0.129 e. The van der Waals surface area contributed by atoms with Gasteiger partial charge in [-0.1, -0.05) is 45.1 Å². The van der Waals surface area contributed by atoms with E-state index in [0.717, 1.165) is 6.42 Å². The molecule has 1 aromatic carbocycles. The highest BCUT2D eigenvalue weighted by atomic mass is 19.1. The van der Waals surface area contributed by atoms with E-state index in [9.17, 15) is 8.78 Å². The van der Waals surface area contributed by atoms with Crippen LogP contribution in [0, 0.1) is 11.6 Å². The second-order valence-electron chi connectivity index (χ2n) is 6.08. The summed E-state index contributed by atoms with van der Waals surface area (Å²) in [6, 6.07) is 4.51. The molecule has 0 spiro atoms. The van der Waals surface area contributed by atoms with Gasteiger partial charge in [0, 0.05) is 17.6 Å². The average Bonchev–Trinajstić information content (AvgIpc) is 2.43. The summed E-state index contributed by atoms with van der Waals surface area (Å²) in [5.74, 6) is -0.897. The van der Waals surface area contributed by atoms with Gasteiger partial charge in [-0.2, -0.15) is 0 Å². The lowest BCUT2D eigenvalue weighted by atomic mass is 10.0. The smallest absolute Gasteiger partial charge is 0.129 e. The molecule has 1 nitrogen and oxygen atoms in total. The average molecular weight is 297 g/mol. The minimum Gasteiger partial charge on any atom is -0.311 e. The van der Waals surface area contributed by atoms with Crippen molar-refractivity contribution in [2.45, 2.75) is 77.8 Å². The molecule has 1 aromatic rings. The van der Waals surface area contributed by atoms with Gasteiger partial charge in [0.2, 0.25) is 0 Å². The summed E-state index contributed by atoms with van der Waals surface area (Å²) in [6.45, 7) is 6.35. The van der Waals surface area contributed by atoms with Crippen LogP contribution >= 0.6 is 0 Å². The van der Waals surface area contributed by atoms with Crippen molar-refractivity contribution in [1.82, 2.24) is 5.32 Å². The van der Waals surface area contributed by atoms with E-state index in [-0.39, 0.29) is 11.6 Å². The van der Waals surface area contributed by atoms with Gasteiger partial charge in [-0.15, -0.1) is 0 Å². The van der Waals surface area contributed by atoms with Crippen molar-refractivity contribution in [2.24, 2.45) is 0 Å². The van der Waals surface area contributed by atoms with Crippen LogP contribution < -0.4 is 5.32 Å². The standard InChI is InChI=1S/C18H29F2N/c1-4-5-6-7-8-10-14(2)21-15(3)13-16-17(19)11-9-12-18(16)20/h9,11-12,14-15,21H,4-8,10,13H2,1-3H3. The van der Waals surface area contributed by atoms with Gasteiger partial charge in [0.1, 0.15) is 11.6 Å². The number of nitrogens with one attached hydrogen (secondary N) is 1. The highest BCUT2D eigenvalue weighted by Gasteiger charge is 2.14. The van der Waals surface area contributed by atoms with Crippen molar-refractivity contribution in [3.05, 3.63) is 35.4 Å². The molecule has 2 unspecified atom stereocenters. The minimum absolute atomic E-state index is 0.0713. The van der Waals surface area contributed by atoms with Crippen molar-refractivity contribution in [3.63, 3.8) is 0 Å². The lowest BCUT2D eigenvalue weighted by Gasteiger charge is -2.20. The molecule has 0 aromatic heterocycles. The summed E-state index contributed by atoms with van der Waals surface area (Å²) in [5, 5.41) is 3.44. The molecular formula is C18H29F2N. The number of hydrogen-bond donors (Lipinski definition) is 1. The molecule has 0 aliphatic carbocycles. The van der Waals surface area contributed by atoms with Crippen molar-refractivity contribution in [1.29, 1.82) is 0 Å². The van der Waals surface area contributed by atoms with Crippen LogP contribution in [0.1, 0.15) is 64.9 Å². The molecule has 0 saturated carbocycles. The molecule has 0 saturated heterocycles. The maximum atomic E-state index is 13.6. The zero-order valence-electron chi connectivity index (χ0n) is 13.6. The van der Waals surface area contributed by atoms with Crippen molar-refractivity contribution in [3.8, 4) is 0 Å². The van der Waals surface area contributed by atoms with E-state index in [2.05, 4.69) is 19.2 Å². The molecule has 1 rings (SSSR count). The quantitative estimate of drug-likeness (QED) is 0.583. The van der Waals surface area contributed by atoms with Gasteiger partial charge in [-0.3, -0.25) is 0 Å². The molecule has 0 aliphatic heterocycles. The number of unbranched alkanes of at least 4 members (excludes halogenated alkanes) is 4. The van der Waals surface area contributed by atoms with Gasteiger partial charge >= 0.3 is 0 Å². The predicted octanol–water partition coefficient (Wildman–Crippen LogP) is 5.23. The Kier molecular flexibility index (Phi) is 8.51. The lowest BCUT2D eigenvalue weighted by Crippen LogP contribution is -2.36. The van der Waals surface area contributed by atoms with E-state index in [0.29, 0.717) is 12.5 Å². The number of hydrogen-bond acceptors (Lipinski definition) is 1. The molecule has 0 bridgehead atoms. The zero-order valence-corrected chi connectivity index (χ0v) is 13.6. The third-order valence-corrected chi connectivity index (χ3v) is 3.88. The van der Waals surface area contributed by atoms with E-state index in [4.69, 9.17) is 0 Å². The summed E-state index contributed by atoms with van der Waals surface area (Å²) in [4.78, 5) is 0. The fraction of sp³-hybridized carbons (Fsp3) is 0.667. The van der Waals surface area contributed by atoms with Gasteiger partial charge in [0.15, 0.2) is 0 Å². The first kappa shape index (κ1) is 18.1. The minimum atomic E-state index is -0.448. The second-order valence-corrected chi connectivity index (χ2v) is 6.08. The Morgan fingerprint density at radius 2 is 1.57 bits per heavy atom. The van der Waals surface area contributed by atoms with Crippen LogP contribution in [-0.4, -0.2) is 12.1 Å². The fourth-order valence-corrected chi connectivity index (χ4v) is 2.72. The largest absolute Gasteiger partial charge is 0.311 e. The SMILES string of the molecule is CCCCCCCC(C)NC(C)Cc1c(F)cccc1F. The lowest BCUT2D eigenvalue weighted by molar-refractivity contribution is 0.418. The zero-order chi connectivity index (χ0) is 15.7. The fourth-order valence-electron chi connectivity index (χ4n) is 2.72. The second kappa shape index (κ2) is 9.88. The van der Waals surface area contributed by atoms with Crippen molar-refractivity contribution in [2.75, 3.05) is 0 Å². The number of rotatable bonds is 10. The van der Waals surface area contributed by atoms with E-state index in [1.807, 2.05) is 6.92 Å². The van der Waals surface area contributed by atoms with Gasteiger partial charge < -0.3 is 5.32 Å². The molecule has 0 heterocycles. The highest BCUT2D eigenvalue weighted by Crippen LogP contribution is 2.15. The topological polar surface area (TPSA) is 12.0 Å². The first-order valence-corrected chi connectivity index (χ1v) is 8.23. The molecule has 0 fully saturated rings. The molecule has 2 atom stereocenters. The summed E-state index contributed by atoms with van der Waals surface area (Å²) in [6.07, 6.45) is 7.88. The Hall–Kier alpha value is -0.960. The Labute approximate surface area is 128 Å². The molecule has 21 heavy (non-hydrogen) atoms. The highest BCUT2D eigenvalue weighted by molar-refractivity contribution is 5.20. The Morgan fingerprint density at radius 1 is 0.952 bits per heavy atom. The maximum absolute atomic E-state index is 13.6. The number of halogens is 2. The van der Waals surface area contributed by atoms with Crippen LogP contribution in [-0.2, 0) is 6.42 Å². The van der Waals surface area contributed by atoms with Gasteiger partial charge in [0.25, 0.3) is 0 Å². The molecule has 0 radical (unpaired) electrons. The molecule has 0 aliphatic rings. The third kappa shape index (κ3) is 7.03.